The Bertz CT molecular complexity index is 742. The molecule has 0 aliphatic carbocycles. The molecule has 0 saturated heterocycles. The third-order valence-corrected chi connectivity index (χ3v) is 3.92. The van der Waals surface area contributed by atoms with E-state index in [2.05, 4.69) is 19.9 Å². The number of methoxy groups -OCH3 is 1. The highest BCUT2D eigenvalue weighted by atomic mass is 32.2. The molecule has 0 fully saturated rings. The van der Waals surface area contributed by atoms with Crippen LogP contribution in [0, 0.1) is 0 Å². The molecule has 0 radical (unpaired) electrons. The predicted octanol–water partition coefficient (Wildman–Crippen LogP) is 2.24. The molecule has 7 heteroatoms. The van der Waals surface area contributed by atoms with Crippen LogP contribution in [0.4, 0.5) is 5.69 Å². The number of anilines is 1. The first kappa shape index (κ1) is 12.7. The minimum Gasteiger partial charge on any atom is -0.495 e. The zero-order valence-corrected chi connectivity index (χ0v) is 11.6. The topological polar surface area (TPSA) is 89.7 Å². The Kier molecular flexibility index (Phi) is 3.42. The van der Waals surface area contributed by atoms with Gasteiger partial charge >= 0.3 is 0 Å². The van der Waals surface area contributed by atoms with Crippen LogP contribution < -0.4 is 10.5 Å². The van der Waals surface area contributed by atoms with Gasteiger partial charge in [-0.2, -0.15) is 0 Å². The largest absolute Gasteiger partial charge is 0.495 e. The van der Waals surface area contributed by atoms with Crippen molar-refractivity contribution >= 4 is 28.6 Å². The van der Waals surface area contributed by atoms with Gasteiger partial charge in [0.1, 0.15) is 22.6 Å². The lowest BCUT2D eigenvalue weighted by molar-refractivity contribution is 0.417. The molecule has 1 aromatic carbocycles. The number of hydrogen-bond acceptors (Lipinski definition) is 6. The van der Waals surface area contributed by atoms with Gasteiger partial charge in [0.25, 0.3) is 0 Å². The number of hydrogen-bond donors (Lipinski definition) is 2. The normalized spacial score (nSPS) is 10.8. The van der Waals surface area contributed by atoms with Gasteiger partial charge in [0.15, 0.2) is 5.65 Å². The monoisotopic (exact) mass is 287 g/mol. The van der Waals surface area contributed by atoms with E-state index in [1.165, 1.54) is 6.33 Å². The molecule has 0 unspecified atom stereocenters. The number of rotatable bonds is 4. The number of fused-ring (bicyclic) bond motifs is 1. The number of ether oxygens (including phenoxy) is 1. The molecule has 0 saturated carbocycles. The van der Waals surface area contributed by atoms with Crippen LogP contribution in [-0.2, 0) is 5.75 Å². The number of nitrogens with zero attached hydrogens (tertiary/aromatic N) is 3. The minimum atomic E-state index is 0.639. The second-order valence-corrected chi connectivity index (χ2v) is 5.11. The highest BCUT2D eigenvalue weighted by Gasteiger charge is 2.07. The Morgan fingerprint density at radius 2 is 2.20 bits per heavy atom. The van der Waals surface area contributed by atoms with Crippen molar-refractivity contribution in [1.29, 1.82) is 0 Å². The molecule has 3 rings (SSSR count). The molecule has 0 aliphatic rings. The quantitative estimate of drug-likeness (QED) is 0.434. The van der Waals surface area contributed by atoms with Gasteiger partial charge in [-0.15, -0.1) is 0 Å². The zero-order valence-electron chi connectivity index (χ0n) is 10.8. The molecule has 2 heterocycles. The first-order chi connectivity index (χ1) is 9.78. The van der Waals surface area contributed by atoms with Crippen molar-refractivity contribution in [3.05, 3.63) is 36.4 Å². The lowest BCUT2D eigenvalue weighted by Gasteiger charge is -2.07. The highest BCUT2D eigenvalue weighted by Crippen LogP contribution is 2.28. The second-order valence-electron chi connectivity index (χ2n) is 4.14. The van der Waals surface area contributed by atoms with Crippen LogP contribution >= 0.6 is 11.8 Å². The third kappa shape index (κ3) is 2.39. The summed E-state index contributed by atoms with van der Waals surface area (Å²) in [5.41, 5.74) is 9.19. The van der Waals surface area contributed by atoms with Crippen LogP contribution in [0.2, 0.25) is 0 Å². The molecular formula is C13H13N5OS. The summed E-state index contributed by atoms with van der Waals surface area (Å²) in [5, 5.41) is 0.877. The number of nitrogen functional groups attached to an aromatic ring is 1. The fraction of sp³-hybridized carbons (Fsp3) is 0.154. The first-order valence-corrected chi connectivity index (χ1v) is 6.96. The van der Waals surface area contributed by atoms with Crippen molar-refractivity contribution in [2.24, 2.45) is 0 Å². The highest BCUT2D eigenvalue weighted by molar-refractivity contribution is 7.98. The van der Waals surface area contributed by atoms with E-state index in [0.29, 0.717) is 17.1 Å². The fourth-order valence-corrected chi connectivity index (χ4v) is 2.78. The maximum absolute atomic E-state index is 5.90. The van der Waals surface area contributed by atoms with Gasteiger partial charge in [0.2, 0.25) is 0 Å². The van der Waals surface area contributed by atoms with E-state index in [1.807, 2.05) is 18.2 Å². The summed E-state index contributed by atoms with van der Waals surface area (Å²) < 4.78 is 5.14. The smallest absolute Gasteiger partial charge is 0.181 e. The predicted molar refractivity (Wildman–Crippen MR) is 78.7 cm³/mol. The van der Waals surface area contributed by atoms with Crippen LogP contribution in [0.3, 0.4) is 0 Å². The van der Waals surface area contributed by atoms with E-state index in [1.54, 1.807) is 25.2 Å². The summed E-state index contributed by atoms with van der Waals surface area (Å²) in [6.07, 6.45) is 3.14. The lowest BCUT2D eigenvalue weighted by atomic mass is 10.2. The van der Waals surface area contributed by atoms with Gasteiger partial charge < -0.3 is 15.5 Å². The molecule has 6 nitrogen and oxygen atoms in total. The molecule has 0 bridgehead atoms. The van der Waals surface area contributed by atoms with Crippen molar-refractivity contribution in [3.8, 4) is 5.75 Å². The maximum atomic E-state index is 5.90. The van der Waals surface area contributed by atoms with E-state index in [0.717, 1.165) is 21.9 Å². The summed E-state index contributed by atoms with van der Waals surface area (Å²) in [6, 6.07) is 5.78. The molecular weight excluding hydrogens is 274 g/mol. The van der Waals surface area contributed by atoms with Crippen molar-refractivity contribution in [3.63, 3.8) is 0 Å². The van der Waals surface area contributed by atoms with E-state index in [4.69, 9.17) is 10.5 Å². The number of H-pyrrole nitrogens is 1. The van der Waals surface area contributed by atoms with Crippen molar-refractivity contribution in [2.75, 3.05) is 12.8 Å². The number of nitrogens with two attached hydrogens (primary N) is 1. The maximum Gasteiger partial charge on any atom is 0.181 e. The van der Waals surface area contributed by atoms with Crippen LogP contribution in [0.25, 0.3) is 11.2 Å². The van der Waals surface area contributed by atoms with Crippen LogP contribution in [0.5, 0.6) is 5.75 Å². The molecule has 0 amide bonds. The molecule has 0 aliphatic heterocycles. The van der Waals surface area contributed by atoms with Gasteiger partial charge in [0, 0.05) is 5.75 Å². The molecule has 20 heavy (non-hydrogen) atoms. The lowest BCUT2D eigenvalue weighted by Crippen LogP contribution is -1.94. The van der Waals surface area contributed by atoms with Gasteiger partial charge in [0.05, 0.1) is 19.1 Å². The number of aromatic amines is 1. The van der Waals surface area contributed by atoms with E-state index in [9.17, 15) is 0 Å². The molecule has 3 N–H and O–H groups in total. The number of imidazole rings is 1. The molecule has 0 atom stereocenters. The molecule has 102 valence electrons. The SMILES string of the molecule is COc1ccc(CSc2ncnc3nc[nH]c23)cc1N. The number of aromatic nitrogens is 4. The molecule has 3 aromatic rings. The Morgan fingerprint density at radius 3 is 3.00 bits per heavy atom. The fourth-order valence-electron chi connectivity index (χ4n) is 1.88. The number of benzene rings is 1. The summed E-state index contributed by atoms with van der Waals surface area (Å²) in [5.74, 6) is 1.45. The number of thioether (sulfide) groups is 1. The molecule has 2 aromatic heterocycles. The Hall–Kier alpha value is -2.28. The van der Waals surface area contributed by atoms with Gasteiger partial charge in [-0.05, 0) is 17.7 Å². The van der Waals surface area contributed by atoms with E-state index >= 15 is 0 Å². The van der Waals surface area contributed by atoms with Gasteiger partial charge in [-0.25, -0.2) is 15.0 Å². The summed E-state index contributed by atoms with van der Waals surface area (Å²) in [6.45, 7) is 0. The van der Waals surface area contributed by atoms with Crippen LogP contribution in [0.1, 0.15) is 5.56 Å². The minimum absolute atomic E-state index is 0.639. The number of nitrogens with one attached hydrogen (secondary N) is 1. The van der Waals surface area contributed by atoms with E-state index < -0.39 is 0 Å². The Labute approximate surface area is 119 Å². The standard InChI is InChI=1S/C13H13N5OS/c1-19-10-3-2-8(4-9(10)14)5-20-13-11-12(16-6-15-11)17-7-18-13/h2-4,6-7H,5,14H2,1H3,(H,15,16,17,18). The van der Waals surface area contributed by atoms with Crippen molar-refractivity contribution < 1.29 is 4.74 Å². The van der Waals surface area contributed by atoms with Gasteiger partial charge in [-0.3, -0.25) is 0 Å². The average molecular weight is 287 g/mol. The summed E-state index contributed by atoms with van der Waals surface area (Å²) in [7, 11) is 1.61. The van der Waals surface area contributed by atoms with Crippen molar-refractivity contribution in [2.45, 2.75) is 10.8 Å². The third-order valence-electron chi connectivity index (χ3n) is 2.86. The first-order valence-electron chi connectivity index (χ1n) is 5.97. The van der Waals surface area contributed by atoms with E-state index in [-0.39, 0.29) is 0 Å². The van der Waals surface area contributed by atoms with Crippen LogP contribution in [-0.4, -0.2) is 27.0 Å². The van der Waals surface area contributed by atoms with Crippen molar-refractivity contribution in [1.82, 2.24) is 19.9 Å². The summed E-state index contributed by atoms with van der Waals surface area (Å²) >= 11 is 1.61. The summed E-state index contributed by atoms with van der Waals surface area (Å²) in [4.78, 5) is 15.5. The van der Waals surface area contributed by atoms with Crippen LogP contribution in [0.15, 0.2) is 35.9 Å². The molecule has 0 spiro atoms. The Morgan fingerprint density at radius 1 is 1.30 bits per heavy atom. The Balaban J connectivity index is 1.79. The zero-order chi connectivity index (χ0) is 13.9. The second kappa shape index (κ2) is 5.38. The average Bonchev–Trinajstić information content (AvgIpc) is 2.94. The van der Waals surface area contributed by atoms with Gasteiger partial charge in [-0.1, -0.05) is 17.8 Å².